The van der Waals surface area contributed by atoms with Gasteiger partial charge >= 0.3 is 0 Å². The number of benzene rings is 1. The van der Waals surface area contributed by atoms with E-state index in [1.54, 1.807) is 19.1 Å². The second-order valence-electron chi connectivity index (χ2n) is 3.20. The fourth-order valence-corrected chi connectivity index (χ4v) is 1.78. The van der Waals surface area contributed by atoms with Gasteiger partial charge in [-0.2, -0.15) is 0 Å². The van der Waals surface area contributed by atoms with Crippen LogP contribution in [-0.4, -0.2) is 6.10 Å². The van der Waals surface area contributed by atoms with Crippen molar-refractivity contribution >= 4 is 22.6 Å². The lowest BCUT2D eigenvalue weighted by atomic mass is 10.2. The smallest absolute Gasteiger partial charge is 0.168 e. The minimum atomic E-state index is -0.255. The Morgan fingerprint density at radius 2 is 2.00 bits per heavy atom. The Hall–Kier alpha value is -0.320. The molecule has 72 valence electrons. The van der Waals surface area contributed by atoms with E-state index in [0.717, 1.165) is 3.57 Å². The summed E-state index contributed by atoms with van der Waals surface area (Å²) in [6, 6.07) is 3.51. The van der Waals surface area contributed by atoms with E-state index in [1.807, 2.05) is 13.8 Å². The molecular weight excluding hydrogens is 282 g/mol. The van der Waals surface area contributed by atoms with Crippen LogP contribution in [0.15, 0.2) is 12.1 Å². The highest BCUT2D eigenvalue weighted by Gasteiger charge is 2.09. The fourth-order valence-electron chi connectivity index (χ4n) is 1.03. The minimum absolute atomic E-state index is 0.00657. The van der Waals surface area contributed by atoms with Gasteiger partial charge in [-0.1, -0.05) is 0 Å². The number of rotatable bonds is 2. The number of hydrogen-bond donors (Lipinski definition) is 0. The molecule has 0 aliphatic heterocycles. The van der Waals surface area contributed by atoms with Gasteiger partial charge in [-0.05, 0) is 61.1 Å². The molecule has 0 spiro atoms. The average molecular weight is 294 g/mol. The van der Waals surface area contributed by atoms with Gasteiger partial charge in [0.15, 0.2) is 11.6 Å². The SMILES string of the molecule is Cc1cc(I)cc(OC(C)C)c1F. The maximum absolute atomic E-state index is 13.4. The molecule has 0 aromatic heterocycles. The number of ether oxygens (including phenoxy) is 1. The van der Waals surface area contributed by atoms with Crippen LogP contribution in [0.2, 0.25) is 0 Å². The van der Waals surface area contributed by atoms with Crippen molar-refractivity contribution in [3.63, 3.8) is 0 Å². The van der Waals surface area contributed by atoms with Crippen LogP contribution in [0.4, 0.5) is 4.39 Å². The second-order valence-corrected chi connectivity index (χ2v) is 4.45. The standard InChI is InChI=1S/C10H12FIO/c1-6(2)13-9-5-8(12)4-7(3)10(9)11/h4-6H,1-3H3. The summed E-state index contributed by atoms with van der Waals surface area (Å²) in [5.74, 6) is 0.0912. The summed E-state index contributed by atoms with van der Waals surface area (Å²) in [6.07, 6.45) is 0.00657. The highest BCUT2D eigenvalue weighted by atomic mass is 127. The van der Waals surface area contributed by atoms with Crippen molar-refractivity contribution in [3.8, 4) is 5.75 Å². The van der Waals surface area contributed by atoms with E-state index in [2.05, 4.69) is 22.6 Å². The molecule has 1 aromatic carbocycles. The minimum Gasteiger partial charge on any atom is -0.488 e. The number of aryl methyl sites for hydroxylation is 1. The van der Waals surface area contributed by atoms with Crippen LogP contribution in [0, 0.1) is 16.3 Å². The molecule has 1 rings (SSSR count). The fraction of sp³-hybridized carbons (Fsp3) is 0.400. The topological polar surface area (TPSA) is 9.23 Å². The third kappa shape index (κ3) is 2.83. The predicted octanol–water partition coefficient (Wildman–Crippen LogP) is 3.53. The maximum Gasteiger partial charge on any atom is 0.168 e. The van der Waals surface area contributed by atoms with Crippen molar-refractivity contribution in [1.29, 1.82) is 0 Å². The second kappa shape index (κ2) is 4.26. The van der Waals surface area contributed by atoms with E-state index in [9.17, 15) is 4.39 Å². The van der Waals surface area contributed by atoms with Gasteiger partial charge in [-0.3, -0.25) is 0 Å². The average Bonchev–Trinajstić information content (AvgIpc) is 1.98. The van der Waals surface area contributed by atoms with Crippen molar-refractivity contribution < 1.29 is 9.13 Å². The monoisotopic (exact) mass is 294 g/mol. The van der Waals surface area contributed by atoms with Gasteiger partial charge in [0.1, 0.15) is 0 Å². The molecule has 1 nitrogen and oxygen atoms in total. The van der Waals surface area contributed by atoms with Gasteiger partial charge in [-0.15, -0.1) is 0 Å². The van der Waals surface area contributed by atoms with E-state index in [4.69, 9.17) is 4.74 Å². The zero-order valence-corrected chi connectivity index (χ0v) is 10.1. The largest absolute Gasteiger partial charge is 0.488 e. The highest BCUT2D eigenvalue weighted by molar-refractivity contribution is 14.1. The molecule has 0 unspecified atom stereocenters. The van der Waals surface area contributed by atoms with Crippen molar-refractivity contribution in [3.05, 3.63) is 27.1 Å². The van der Waals surface area contributed by atoms with E-state index >= 15 is 0 Å². The van der Waals surface area contributed by atoms with Crippen LogP contribution in [0.25, 0.3) is 0 Å². The lowest BCUT2D eigenvalue weighted by Crippen LogP contribution is -2.07. The summed E-state index contributed by atoms with van der Waals surface area (Å²) in [5, 5.41) is 0. The third-order valence-corrected chi connectivity index (χ3v) is 2.17. The lowest BCUT2D eigenvalue weighted by molar-refractivity contribution is 0.230. The van der Waals surface area contributed by atoms with E-state index < -0.39 is 0 Å². The third-order valence-electron chi connectivity index (χ3n) is 1.55. The summed E-state index contributed by atoms with van der Waals surface area (Å²) in [7, 11) is 0. The molecule has 0 aliphatic rings. The van der Waals surface area contributed by atoms with Crippen molar-refractivity contribution in [2.45, 2.75) is 26.9 Å². The first kappa shape index (κ1) is 10.8. The lowest BCUT2D eigenvalue weighted by Gasteiger charge is -2.12. The van der Waals surface area contributed by atoms with Crippen LogP contribution >= 0.6 is 22.6 Å². The van der Waals surface area contributed by atoms with Gasteiger partial charge in [0.25, 0.3) is 0 Å². The Kier molecular flexibility index (Phi) is 3.53. The normalized spacial score (nSPS) is 10.6. The molecule has 13 heavy (non-hydrogen) atoms. The summed E-state index contributed by atoms with van der Waals surface area (Å²) >= 11 is 2.15. The molecule has 0 heterocycles. The van der Waals surface area contributed by atoms with Crippen LogP contribution < -0.4 is 4.74 Å². The molecule has 0 fully saturated rings. The maximum atomic E-state index is 13.4. The van der Waals surface area contributed by atoms with Gasteiger partial charge < -0.3 is 4.74 Å². The quantitative estimate of drug-likeness (QED) is 0.758. The molecule has 0 aliphatic carbocycles. The molecule has 1 aromatic rings. The molecule has 0 N–H and O–H groups in total. The van der Waals surface area contributed by atoms with Crippen molar-refractivity contribution in [1.82, 2.24) is 0 Å². The molecule has 0 bridgehead atoms. The molecule has 0 saturated heterocycles. The Labute approximate surface area is 91.4 Å². The van der Waals surface area contributed by atoms with Crippen LogP contribution in [-0.2, 0) is 0 Å². The molecular formula is C10H12FIO. The summed E-state index contributed by atoms with van der Waals surface area (Å²) in [6.45, 7) is 5.51. The van der Waals surface area contributed by atoms with E-state index in [1.165, 1.54) is 0 Å². The first-order valence-electron chi connectivity index (χ1n) is 4.13. The molecule has 0 atom stereocenters. The van der Waals surface area contributed by atoms with Crippen LogP contribution in [0.3, 0.4) is 0 Å². The Balaban J connectivity index is 3.05. The van der Waals surface area contributed by atoms with Gasteiger partial charge in [0.2, 0.25) is 0 Å². The van der Waals surface area contributed by atoms with Crippen molar-refractivity contribution in [2.24, 2.45) is 0 Å². The first-order valence-corrected chi connectivity index (χ1v) is 5.21. The Morgan fingerprint density at radius 3 is 2.54 bits per heavy atom. The summed E-state index contributed by atoms with van der Waals surface area (Å²) in [5.41, 5.74) is 0.627. The zero-order valence-electron chi connectivity index (χ0n) is 7.90. The Morgan fingerprint density at radius 1 is 1.38 bits per heavy atom. The van der Waals surface area contributed by atoms with E-state index in [-0.39, 0.29) is 11.9 Å². The van der Waals surface area contributed by atoms with Gasteiger partial charge in [0, 0.05) is 3.57 Å². The first-order chi connectivity index (χ1) is 6.00. The zero-order chi connectivity index (χ0) is 10.0. The Bertz CT molecular complexity index is 310. The highest BCUT2D eigenvalue weighted by Crippen LogP contribution is 2.24. The predicted molar refractivity (Wildman–Crippen MR) is 59.6 cm³/mol. The summed E-state index contributed by atoms with van der Waals surface area (Å²) < 4.78 is 19.7. The number of hydrogen-bond acceptors (Lipinski definition) is 1. The van der Waals surface area contributed by atoms with Crippen LogP contribution in [0.5, 0.6) is 5.75 Å². The number of halogens is 2. The van der Waals surface area contributed by atoms with E-state index in [0.29, 0.717) is 11.3 Å². The van der Waals surface area contributed by atoms with Crippen LogP contribution in [0.1, 0.15) is 19.4 Å². The molecule has 0 saturated carbocycles. The molecule has 3 heteroatoms. The summed E-state index contributed by atoms with van der Waals surface area (Å²) in [4.78, 5) is 0. The molecule has 0 radical (unpaired) electrons. The van der Waals surface area contributed by atoms with Gasteiger partial charge in [-0.25, -0.2) is 4.39 Å². The van der Waals surface area contributed by atoms with Gasteiger partial charge in [0.05, 0.1) is 6.10 Å². The van der Waals surface area contributed by atoms with Crippen molar-refractivity contribution in [2.75, 3.05) is 0 Å². The molecule has 0 amide bonds.